The summed E-state index contributed by atoms with van der Waals surface area (Å²) in [6, 6.07) is 8.14. The molecular formula is C16H21NO2S. The number of ether oxygens (including phenoxy) is 2. The molecule has 1 unspecified atom stereocenters. The molecule has 0 fully saturated rings. The summed E-state index contributed by atoms with van der Waals surface area (Å²) < 4.78 is 11.1. The lowest BCUT2D eigenvalue weighted by atomic mass is 10.0. The van der Waals surface area contributed by atoms with E-state index in [0.717, 1.165) is 23.6 Å². The number of hydrogen-bond acceptors (Lipinski definition) is 4. The largest absolute Gasteiger partial charge is 0.496 e. The van der Waals surface area contributed by atoms with Gasteiger partial charge in [-0.2, -0.15) is 0 Å². The van der Waals surface area contributed by atoms with Gasteiger partial charge in [0.2, 0.25) is 0 Å². The van der Waals surface area contributed by atoms with E-state index < -0.39 is 0 Å². The van der Waals surface area contributed by atoms with E-state index in [2.05, 4.69) is 30.6 Å². The Balaban J connectivity index is 2.57. The smallest absolute Gasteiger partial charge is 0.127 e. The summed E-state index contributed by atoms with van der Waals surface area (Å²) in [5.74, 6) is 1.70. The van der Waals surface area contributed by atoms with Crippen LogP contribution in [0.4, 0.5) is 0 Å². The van der Waals surface area contributed by atoms with Crippen molar-refractivity contribution < 1.29 is 9.47 Å². The molecule has 1 atom stereocenters. The molecule has 0 bridgehead atoms. The zero-order chi connectivity index (χ0) is 14.5. The Labute approximate surface area is 124 Å². The van der Waals surface area contributed by atoms with Crippen LogP contribution in [-0.4, -0.2) is 20.8 Å². The Morgan fingerprint density at radius 2 is 1.80 bits per heavy atom. The molecule has 0 radical (unpaired) electrons. The van der Waals surface area contributed by atoms with Crippen molar-refractivity contribution in [3.63, 3.8) is 0 Å². The summed E-state index contributed by atoms with van der Waals surface area (Å²) >= 11 is 1.76. The van der Waals surface area contributed by atoms with Crippen LogP contribution in [0, 0.1) is 6.92 Å². The van der Waals surface area contributed by atoms with Crippen LogP contribution in [0.1, 0.15) is 29.0 Å². The topological polar surface area (TPSA) is 30.5 Å². The van der Waals surface area contributed by atoms with Gasteiger partial charge in [0.25, 0.3) is 0 Å². The third-order valence-electron chi connectivity index (χ3n) is 3.33. The number of rotatable bonds is 6. The first-order valence-corrected chi connectivity index (χ1v) is 7.59. The average molecular weight is 291 g/mol. The number of aryl methyl sites for hydroxylation is 1. The molecule has 0 aliphatic rings. The molecule has 2 aromatic rings. The predicted molar refractivity (Wildman–Crippen MR) is 84.1 cm³/mol. The third kappa shape index (κ3) is 2.81. The average Bonchev–Trinajstić information content (AvgIpc) is 2.90. The van der Waals surface area contributed by atoms with Crippen LogP contribution in [0.3, 0.4) is 0 Å². The molecule has 1 heterocycles. The van der Waals surface area contributed by atoms with E-state index in [9.17, 15) is 0 Å². The van der Waals surface area contributed by atoms with Crippen LogP contribution in [0.25, 0.3) is 0 Å². The standard InChI is InChI=1S/C16H21NO2S/c1-5-17-15(16-11(2)9-10-20-16)14-12(18-3)7-6-8-13(14)19-4/h6-10,15,17H,5H2,1-4H3. The molecule has 1 aromatic carbocycles. The van der Waals surface area contributed by atoms with Crippen molar-refractivity contribution in [1.29, 1.82) is 0 Å². The second kappa shape index (κ2) is 6.77. The summed E-state index contributed by atoms with van der Waals surface area (Å²) in [5.41, 5.74) is 2.35. The SMILES string of the molecule is CCNC(c1sccc1C)c1c(OC)cccc1OC. The molecule has 0 saturated heterocycles. The van der Waals surface area contributed by atoms with E-state index >= 15 is 0 Å². The fourth-order valence-corrected chi connectivity index (χ4v) is 3.38. The van der Waals surface area contributed by atoms with Crippen molar-refractivity contribution in [2.24, 2.45) is 0 Å². The second-order valence-corrected chi connectivity index (χ2v) is 5.48. The van der Waals surface area contributed by atoms with Gasteiger partial charge in [0.15, 0.2) is 0 Å². The van der Waals surface area contributed by atoms with E-state index in [1.54, 1.807) is 25.6 Å². The van der Waals surface area contributed by atoms with Gasteiger partial charge in [0.05, 0.1) is 25.8 Å². The first kappa shape index (κ1) is 14.9. The van der Waals surface area contributed by atoms with Crippen molar-refractivity contribution in [3.8, 4) is 11.5 Å². The summed E-state index contributed by atoms with van der Waals surface area (Å²) in [7, 11) is 3.39. The number of methoxy groups -OCH3 is 2. The molecule has 2 rings (SSSR count). The van der Waals surface area contributed by atoms with Crippen molar-refractivity contribution in [3.05, 3.63) is 45.6 Å². The normalized spacial score (nSPS) is 12.2. The van der Waals surface area contributed by atoms with Gasteiger partial charge >= 0.3 is 0 Å². The number of hydrogen-bond donors (Lipinski definition) is 1. The fraction of sp³-hybridized carbons (Fsp3) is 0.375. The van der Waals surface area contributed by atoms with Crippen LogP contribution < -0.4 is 14.8 Å². The van der Waals surface area contributed by atoms with Crippen molar-refractivity contribution in [2.75, 3.05) is 20.8 Å². The fourth-order valence-electron chi connectivity index (χ4n) is 2.37. The van der Waals surface area contributed by atoms with E-state index in [4.69, 9.17) is 9.47 Å². The van der Waals surface area contributed by atoms with Gasteiger partial charge in [-0.25, -0.2) is 0 Å². The molecule has 1 N–H and O–H groups in total. The maximum atomic E-state index is 5.54. The highest BCUT2D eigenvalue weighted by Crippen LogP contribution is 2.39. The molecular weight excluding hydrogens is 270 g/mol. The van der Waals surface area contributed by atoms with Crippen LogP contribution in [0.5, 0.6) is 11.5 Å². The monoisotopic (exact) mass is 291 g/mol. The third-order valence-corrected chi connectivity index (χ3v) is 4.41. The van der Waals surface area contributed by atoms with Gasteiger partial charge in [0.1, 0.15) is 11.5 Å². The molecule has 0 aliphatic carbocycles. The maximum absolute atomic E-state index is 5.54. The first-order chi connectivity index (χ1) is 9.72. The Morgan fingerprint density at radius 1 is 1.15 bits per heavy atom. The quantitative estimate of drug-likeness (QED) is 0.878. The Kier molecular flexibility index (Phi) is 5.04. The lowest BCUT2D eigenvalue weighted by Gasteiger charge is -2.23. The highest BCUT2D eigenvalue weighted by molar-refractivity contribution is 7.10. The molecule has 0 aliphatic heterocycles. The van der Waals surface area contributed by atoms with Gasteiger partial charge in [-0.1, -0.05) is 13.0 Å². The summed E-state index contributed by atoms with van der Waals surface area (Å²) in [4.78, 5) is 1.30. The van der Waals surface area contributed by atoms with Crippen molar-refractivity contribution in [1.82, 2.24) is 5.32 Å². The second-order valence-electron chi connectivity index (χ2n) is 4.53. The van der Waals surface area contributed by atoms with Crippen molar-refractivity contribution in [2.45, 2.75) is 19.9 Å². The zero-order valence-electron chi connectivity index (χ0n) is 12.4. The van der Waals surface area contributed by atoms with Crippen molar-refractivity contribution >= 4 is 11.3 Å². The Hall–Kier alpha value is -1.52. The number of thiophene rings is 1. The van der Waals surface area contributed by atoms with Crippen LogP contribution in [-0.2, 0) is 0 Å². The van der Waals surface area contributed by atoms with Gasteiger partial charge in [-0.3, -0.25) is 0 Å². The molecule has 0 saturated carbocycles. The lowest BCUT2D eigenvalue weighted by molar-refractivity contribution is 0.378. The highest BCUT2D eigenvalue weighted by Gasteiger charge is 2.24. The molecule has 4 heteroatoms. The lowest BCUT2D eigenvalue weighted by Crippen LogP contribution is -2.23. The predicted octanol–water partition coefficient (Wildman–Crippen LogP) is 3.77. The molecule has 3 nitrogen and oxygen atoms in total. The van der Waals surface area contributed by atoms with E-state index in [1.807, 2.05) is 18.2 Å². The van der Waals surface area contributed by atoms with Gasteiger partial charge in [-0.05, 0) is 42.6 Å². The Bertz CT molecular complexity index is 543. The van der Waals surface area contributed by atoms with Crippen LogP contribution in [0.15, 0.2) is 29.6 Å². The maximum Gasteiger partial charge on any atom is 0.127 e. The molecule has 108 valence electrons. The molecule has 0 spiro atoms. The highest BCUT2D eigenvalue weighted by atomic mass is 32.1. The zero-order valence-corrected chi connectivity index (χ0v) is 13.2. The molecule has 20 heavy (non-hydrogen) atoms. The Morgan fingerprint density at radius 3 is 2.25 bits per heavy atom. The minimum absolute atomic E-state index is 0.0890. The minimum Gasteiger partial charge on any atom is -0.496 e. The summed E-state index contributed by atoms with van der Waals surface area (Å²) in [6.07, 6.45) is 0. The summed E-state index contributed by atoms with van der Waals surface area (Å²) in [5, 5.41) is 5.66. The number of nitrogens with one attached hydrogen (secondary N) is 1. The molecule has 1 aromatic heterocycles. The number of benzene rings is 1. The van der Waals surface area contributed by atoms with E-state index in [0.29, 0.717) is 0 Å². The van der Waals surface area contributed by atoms with Gasteiger partial charge in [-0.15, -0.1) is 11.3 Å². The van der Waals surface area contributed by atoms with E-state index in [-0.39, 0.29) is 6.04 Å². The summed E-state index contributed by atoms with van der Waals surface area (Å²) in [6.45, 7) is 5.12. The van der Waals surface area contributed by atoms with Crippen LogP contribution >= 0.6 is 11.3 Å². The molecule has 0 amide bonds. The van der Waals surface area contributed by atoms with Gasteiger partial charge in [0, 0.05) is 4.88 Å². The minimum atomic E-state index is 0.0890. The van der Waals surface area contributed by atoms with Gasteiger partial charge < -0.3 is 14.8 Å². The first-order valence-electron chi connectivity index (χ1n) is 6.71. The van der Waals surface area contributed by atoms with E-state index in [1.165, 1.54) is 10.4 Å². The van der Waals surface area contributed by atoms with Crippen LogP contribution in [0.2, 0.25) is 0 Å².